The van der Waals surface area contributed by atoms with Gasteiger partial charge >= 0.3 is 6.09 Å². The number of benzene rings is 2. The Morgan fingerprint density at radius 1 is 1.03 bits per heavy atom. The van der Waals surface area contributed by atoms with Gasteiger partial charge in [0.05, 0.1) is 17.5 Å². The van der Waals surface area contributed by atoms with Crippen LogP contribution in [0.4, 0.5) is 4.79 Å². The molecule has 3 fully saturated rings. The minimum absolute atomic E-state index is 0.0226. The first kappa shape index (κ1) is 41.7. The number of aromatic nitrogens is 1. The van der Waals surface area contributed by atoms with Gasteiger partial charge in [-0.2, -0.15) is 0 Å². The van der Waals surface area contributed by atoms with Crippen molar-refractivity contribution in [1.82, 2.24) is 19.9 Å². The molecule has 4 amide bonds. The van der Waals surface area contributed by atoms with Crippen molar-refractivity contribution in [3.8, 4) is 17.0 Å². The molecule has 14 nitrogen and oxygen atoms in total. The molecule has 15 heteroatoms. The number of carbonyl (C=O) groups excluding carboxylic acids is 4. The Kier molecular flexibility index (Phi) is 12.0. The highest BCUT2D eigenvalue weighted by atomic mass is 32.2. The van der Waals surface area contributed by atoms with Crippen LogP contribution in [0.2, 0.25) is 0 Å². The van der Waals surface area contributed by atoms with Gasteiger partial charge in [0, 0.05) is 29.4 Å². The molecule has 1 saturated heterocycles. The predicted octanol–water partition coefficient (Wildman–Crippen LogP) is 6.43. The summed E-state index contributed by atoms with van der Waals surface area (Å²) in [7, 11) is -3.55. The number of primary amides is 1. The highest BCUT2D eigenvalue weighted by Gasteiger charge is 2.45. The number of alkyl carbamates (subject to hydrolysis) is 1. The fraction of sp³-hybridized carbons (Fsp3) is 0.477. The summed E-state index contributed by atoms with van der Waals surface area (Å²) in [5, 5.41) is 3.13. The van der Waals surface area contributed by atoms with E-state index < -0.39 is 62.9 Å². The number of nitrogens with two attached hydrogens (primary N) is 1. The van der Waals surface area contributed by atoms with Crippen molar-refractivity contribution in [3.05, 3.63) is 72.3 Å². The molecule has 0 spiro atoms. The summed E-state index contributed by atoms with van der Waals surface area (Å²) in [5.41, 5.74) is 9.49. The molecule has 0 unspecified atom stereocenters. The third kappa shape index (κ3) is 10.2. The first-order valence-electron chi connectivity index (χ1n) is 20.4. The normalized spacial score (nSPS) is 21.1. The number of fused-ring (bicyclic) bond motifs is 3. The van der Waals surface area contributed by atoms with Crippen LogP contribution in [0.5, 0.6) is 5.75 Å². The van der Waals surface area contributed by atoms with Gasteiger partial charge < -0.3 is 29.8 Å². The maximum atomic E-state index is 14.3. The van der Waals surface area contributed by atoms with E-state index in [9.17, 15) is 27.6 Å². The van der Waals surface area contributed by atoms with Crippen molar-refractivity contribution in [2.24, 2.45) is 17.6 Å². The van der Waals surface area contributed by atoms with Crippen molar-refractivity contribution in [2.45, 2.75) is 115 Å². The molecule has 314 valence electrons. The molecule has 4 N–H and O–H groups in total. The lowest BCUT2D eigenvalue weighted by Gasteiger charge is -2.28. The Morgan fingerprint density at radius 2 is 1.78 bits per heavy atom. The third-order valence-corrected chi connectivity index (χ3v) is 12.8. The van der Waals surface area contributed by atoms with Crippen molar-refractivity contribution in [1.29, 1.82) is 0 Å². The number of ether oxygens (including phenoxy) is 2. The molecule has 3 aliphatic rings. The van der Waals surface area contributed by atoms with Crippen LogP contribution in [0.25, 0.3) is 33.3 Å². The zero-order valence-corrected chi connectivity index (χ0v) is 34.8. The first-order valence-corrected chi connectivity index (χ1v) is 22.0. The molecule has 7 rings (SSSR count). The van der Waals surface area contributed by atoms with Crippen LogP contribution in [0, 0.1) is 18.8 Å². The number of hydrogen-bond donors (Lipinski definition) is 3. The number of furan rings is 1. The third-order valence-electron chi connectivity index (χ3n) is 10.9. The van der Waals surface area contributed by atoms with E-state index in [0.29, 0.717) is 60.2 Å². The highest BCUT2D eigenvalue weighted by Crippen LogP contribution is 2.41. The molecule has 2 aliphatic carbocycles. The van der Waals surface area contributed by atoms with Crippen molar-refractivity contribution in [2.75, 3.05) is 6.54 Å². The number of likely N-dealkylation sites (tertiary alicyclic amines) is 1. The van der Waals surface area contributed by atoms with Gasteiger partial charge in [-0.25, -0.2) is 18.2 Å². The monoisotopic (exact) mass is 827 g/mol. The van der Waals surface area contributed by atoms with Gasteiger partial charge in [-0.05, 0) is 84.3 Å². The van der Waals surface area contributed by atoms with Gasteiger partial charge in [0.15, 0.2) is 11.3 Å². The fourth-order valence-electron chi connectivity index (χ4n) is 7.56. The average Bonchev–Trinajstić information content (AvgIpc) is 4.10. The number of carbonyl (C=O) groups is 4. The molecule has 59 heavy (non-hydrogen) atoms. The van der Waals surface area contributed by atoms with E-state index >= 15 is 0 Å². The van der Waals surface area contributed by atoms with Crippen LogP contribution in [0.1, 0.15) is 84.1 Å². The Balaban J connectivity index is 1.01. The van der Waals surface area contributed by atoms with Crippen molar-refractivity contribution in [3.63, 3.8) is 0 Å². The number of rotatable bonds is 16. The number of nitrogens with zero attached hydrogens (tertiary/aromatic N) is 2. The van der Waals surface area contributed by atoms with Crippen molar-refractivity contribution < 1.29 is 41.5 Å². The topological polar surface area (TPSA) is 200 Å². The molecule has 2 saturated carbocycles. The van der Waals surface area contributed by atoms with Gasteiger partial charge in [-0.15, -0.1) is 0 Å². The molecule has 0 radical (unpaired) electrons. The van der Waals surface area contributed by atoms with E-state index in [2.05, 4.69) is 10.0 Å². The van der Waals surface area contributed by atoms with Crippen LogP contribution in [-0.2, 0) is 29.1 Å². The summed E-state index contributed by atoms with van der Waals surface area (Å²) >= 11 is 0. The number of amides is 4. The van der Waals surface area contributed by atoms with Crippen LogP contribution < -0.4 is 20.5 Å². The van der Waals surface area contributed by atoms with Gasteiger partial charge in [0.25, 0.3) is 0 Å². The Labute approximate surface area is 344 Å². The zero-order chi connectivity index (χ0) is 42.1. The second-order valence-electron chi connectivity index (χ2n) is 17.0. The number of allylic oxidation sites excluding steroid dienone is 2. The number of hydrogen-bond acceptors (Lipinski definition) is 10. The van der Waals surface area contributed by atoms with E-state index in [1.54, 1.807) is 20.8 Å². The Hall–Kier alpha value is -5.44. The summed E-state index contributed by atoms with van der Waals surface area (Å²) in [5.74, 6) is -1.45. The van der Waals surface area contributed by atoms with E-state index in [4.69, 9.17) is 24.6 Å². The molecule has 2 aromatic carbocycles. The van der Waals surface area contributed by atoms with E-state index in [1.165, 1.54) is 4.90 Å². The molecule has 0 bridgehead atoms. The van der Waals surface area contributed by atoms with Crippen LogP contribution >= 0.6 is 0 Å². The molecule has 5 atom stereocenters. The predicted molar refractivity (Wildman–Crippen MR) is 222 cm³/mol. The lowest BCUT2D eigenvalue weighted by Crippen LogP contribution is -2.53. The summed E-state index contributed by atoms with van der Waals surface area (Å²) in [4.78, 5) is 58.9. The van der Waals surface area contributed by atoms with Gasteiger partial charge in [-0.3, -0.25) is 19.1 Å². The maximum Gasteiger partial charge on any atom is 0.408 e. The minimum atomic E-state index is -3.55. The summed E-state index contributed by atoms with van der Waals surface area (Å²) in [6.07, 6.45) is 7.69. The zero-order valence-electron chi connectivity index (χ0n) is 33.9. The lowest BCUT2D eigenvalue weighted by molar-refractivity contribution is -0.139. The van der Waals surface area contributed by atoms with E-state index in [1.807, 2.05) is 73.7 Å². The number of unbranched alkanes of at least 4 members (excludes halogenated alkanes) is 3. The number of pyridine rings is 1. The fourth-order valence-corrected chi connectivity index (χ4v) is 8.92. The van der Waals surface area contributed by atoms with Crippen LogP contribution in [0.15, 0.2) is 71.2 Å². The van der Waals surface area contributed by atoms with E-state index in [0.717, 1.165) is 35.8 Å². The SMILES string of the molecule is Cc1ccc(-c2cc(O[C@@H]3C[C@@H](C(N)=O)N(C(=O)[C@H](CCCCC/C=C\[C@@H]4C[C@@H]4C(=O)NS(=O)(=O)C4CC4)NC(=O)OC(C)(C)C)C3)c3oc4ccccc4c3n2)cc1. The van der Waals surface area contributed by atoms with Crippen molar-refractivity contribution >= 4 is 55.9 Å². The molecule has 2 aromatic heterocycles. The highest BCUT2D eigenvalue weighted by molar-refractivity contribution is 7.90. The van der Waals surface area contributed by atoms with Crippen LogP contribution in [-0.4, -0.2) is 77.7 Å². The van der Waals surface area contributed by atoms with Crippen LogP contribution in [0.3, 0.4) is 0 Å². The minimum Gasteiger partial charge on any atom is -0.484 e. The molecular weight excluding hydrogens is 775 g/mol. The Bertz CT molecular complexity index is 2360. The summed E-state index contributed by atoms with van der Waals surface area (Å²) in [6, 6.07) is 15.4. The smallest absolute Gasteiger partial charge is 0.408 e. The van der Waals surface area contributed by atoms with Gasteiger partial charge in [-0.1, -0.05) is 67.0 Å². The molecular formula is C44H53N5O9S. The summed E-state index contributed by atoms with van der Waals surface area (Å²) in [6.45, 7) is 7.25. The quantitative estimate of drug-likeness (QED) is 0.0835. The number of sulfonamides is 1. The number of nitrogens with one attached hydrogen (secondary N) is 2. The van der Waals surface area contributed by atoms with E-state index in [-0.39, 0.29) is 24.8 Å². The van der Waals surface area contributed by atoms with Gasteiger partial charge in [0.2, 0.25) is 27.7 Å². The number of aryl methyl sites for hydroxylation is 1. The second kappa shape index (κ2) is 17.0. The maximum absolute atomic E-state index is 14.3. The lowest BCUT2D eigenvalue weighted by atomic mass is 10.0. The molecule has 3 heterocycles. The number of para-hydroxylation sites is 1. The standard InChI is InChI=1S/C44H53N5O9S/c1-26-16-18-27(19-17-26)34-24-37(39-38(46-34)31-13-10-11-15-36(31)57-39)56-29-23-35(40(45)50)49(25-29)42(52)33(47-43(53)58-44(2,3)4)14-9-7-5-6-8-12-28-22-32(28)41(51)48-59(54,55)30-20-21-30/h8,10-13,15-19,24,28-30,32-33,35H,5-7,9,14,20-23,25H2,1-4H3,(H2,45,50)(H,47,53)(H,48,51)/b12-8-/t28-,29-,32+,33+,35+/m1/s1. The summed E-state index contributed by atoms with van der Waals surface area (Å²) < 4.78 is 44.8. The first-order chi connectivity index (χ1) is 28.1. The second-order valence-corrected chi connectivity index (χ2v) is 19.0. The molecule has 1 aliphatic heterocycles. The van der Waals surface area contributed by atoms with Gasteiger partial charge in [0.1, 0.15) is 34.9 Å². The Morgan fingerprint density at radius 3 is 2.49 bits per heavy atom. The largest absolute Gasteiger partial charge is 0.484 e. The molecule has 4 aromatic rings. The average molecular weight is 828 g/mol.